The van der Waals surface area contributed by atoms with Crippen LogP contribution in [0.3, 0.4) is 0 Å². The van der Waals surface area contributed by atoms with E-state index < -0.39 is 0 Å². The van der Waals surface area contributed by atoms with Crippen LogP contribution in [0.2, 0.25) is 0 Å². The first-order chi connectivity index (χ1) is 13.6. The molecule has 7 heteroatoms. The molecule has 2 aromatic rings. The second kappa shape index (κ2) is 10.1. The molecule has 0 saturated carbocycles. The van der Waals surface area contributed by atoms with E-state index in [4.69, 9.17) is 4.98 Å². The van der Waals surface area contributed by atoms with Crippen molar-refractivity contribution in [3.8, 4) is 0 Å². The number of aryl methyl sites for hydroxylation is 2. The summed E-state index contributed by atoms with van der Waals surface area (Å²) >= 11 is 0. The van der Waals surface area contributed by atoms with Crippen LogP contribution in [0, 0.1) is 6.92 Å². The topological polar surface area (TPSA) is 83.9 Å². The van der Waals surface area contributed by atoms with Gasteiger partial charge < -0.3 is 10.2 Å². The molecule has 150 valence electrons. The molecule has 0 radical (unpaired) electrons. The average molecular weight is 383 g/mol. The zero-order chi connectivity index (χ0) is 19.8. The van der Waals surface area contributed by atoms with E-state index in [2.05, 4.69) is 25.2 Å². The second-order valence-electron chi connectivity index (χ2n) is 7.45. The lowest BCUT2D eigenvalue weighted by Crippen LogP contribution is -2.30. The van der Waals surface area contributed by atoms with Crippen LogP contribution in [0.15, 0.2) is 24.8 Å². The molecule has 0 spiro atoms. The van der Waals surface area contributed by atoms with Gasteiger partial charge in [-0.25, -0.2) is 9.97 Å². The van der Waals surface area contributed by atoms with Crippen LogP contribution in [0.25, 0.3) is 0 Å². The van der Waals surface area contributed by atoms with E-state index in [1.807, 2.05) is 20.0 Å². The molecule has 1 atom stereocenters. The number of aromatic nitrogens is 4. The molecule has 1 amide bonds. The number of rotatable bonds is 6. The van der Waals surface area contributed by atoms with Crippen molar-refractivity contribution in [2.24, 2.45) is 0 Å². The van der Waals surface area contributed by atoms with Gasteiger partial charge in [0.2, 0.25) is 11.9 Å². The number of carbonyl (C=O) groups is 1. The van der Waals surface area contributed by atoms with Gasteiger partial charge >= 0.3 is 0 Å². The lowest BCUT2D eigenvalue weighted by molar-refractivity contribution is -0.121. The highest BCUT2D eigenvalue weighted by Gasteiger charge is 2.17. The number of carbonyl (C=O) groups excluding carboxylic acids is 1. The summed E-state index contributed by atoms with van der Waals surface area (Å²) in [5.41, 5.74) is 2.71. The summed E-state index contributed by atoms with van der Waals surface area (Å²) in [7, 11) is 0. The quantitative estimate of drug-likeness (QED) is 0.826. The van der Waals surface area contributed by atoms with Crippen molar-refractivity contribution in [2.75, 3.05) is 18.0 Å². The Bertz CT molecular complexity index is 759. The molecule has 7 nitrogen and oxygen atoms in total. The Balaban J connectivity index is 1.57. The van der Waals surface area contributed by atoms with Gasteiger partial charge in [0, 0.05) is 55.6 Å². The minimum Gasteiger partial charge on any atom is -0.349 e. The van der Waals surface area contributed by atoms with Crippen LogP contribution >= 0.6 is 0 Å². The number of amides is 1. The fraction of sp³-hybridized carbons (Fsp3) is 0.571. The summed E-state index contributed by atoms with van der Waals surface area (Å²) < 4.78 is 0. The van der Waals surface area contributed by atoms with Crippen molar-refractivity contribution in [3.63, 3.8) is 0 Å². The Morgan fingerprint density at radius 2 is 1.86 bits per heavy atom. The summed E-state index contributed by atoms with van der Waals surface area (Å²) in [6.45, 7) is 6.01. The predicted molar refractivity (Wildman–Crippen MR) is 109 cm³/mol. The number of hydrogen-bond donors (Lipinski definition) is 1. The van der Waals surface area contributed by atoms with Crippen LogP contribution in [0.4, 0.5) is 5.95 Å². The normalized spacial score (nSPS) is 16.1. The van der Waals surface area contributed by atoms with Crippen LogP contribution in [-0.4, -0.2) is 38.9 Å². The standard InChI is InChI=1S/C21H30N6O/c1-16(25-20(28)9-8-18-14-22-10-11-23-18)19-15-24-21(26-17(19)2)27-12-6-4-3-5-7-13-27/h10-11,14-16H,3-9,12-13H2,1-2H3,(H,25,28)/t16-/m1/s1. The molecular formula is C21H30N6O. The maximum Gasteiger partial charge on any atom is 0.225 e. The van der Waals surface area contributed by atoms with E-state index in [1.165, 1.54) is 32.1 Å². The maximum atomic E-state index is 12.3. The van der Waals surface area contributed by atoms with Gasteiger partial charge in [-0.15, -0.1) is 0 Å². The average Bonchev–Trinajstić information content (AvgIpc) is 2.67. The Morgan fingerprint density at radius 3 is 2.54 bits per heavy atom. The zero-order valence-corrected chi connectivity index (χ0v) is 16.9. The molecule has 0 bridgehead atoms. The molecule has 1 saturated heterocycles. The molecular weight excluding hydrogens is 352 g/mol. The molecule has 1 aliphatic rings. The summed E-state index contributed by atoms with van der Waals surface area (Å²) in [6, 6.07) is -0.129. The van der Waals surface area contributed by atoms with E-state index >= 15 is 0 Å². The van der Waals surface area contributed by atoms with Gasteiger partial charge in [-0.1, -0.05) is 19.3 Å². The highest BCUT2D eigenvalue weighted by atomic mass is 16.1. The van der Waals surface area contributed by atoms with E-state index in [0.717, 1.165) is 36.0 Å². The van der Waals surface area contributed by atoms with E-state index in [0.29, 0.717) is 12.8 Å². The number of anilines is 1. The summed E-state index contributed by atoms with van der Waals surface area (Å²) in [6.07, 6.45) is 14.1. The highest BCUT2D eigenvalue weighted by Crippen LogP contribution is 2.20. The number of hydrogen-bond acceptors (Lipinski definition) is 6. The largest absolute Gasteiger partial charge is 0.349 e. The van der Waals surface area contributed by atoms with Crippen LogP contribution in [0.1, 0.15) is 68.4 Å². The third-order valence-electron chi connectivity index (χ3n) is 5.21. The van der Waals surface area contributed by atoms with Crippen LogP contribution < -0.4 is 10.2 Å². The first-order valence-electron chi connectivity index (χ1n) is 10.3. The summed E-state index contributed by atoms with van der Waals surface area (Å²) in [4.78, 5) is 32.1. The minimum absolute atomic E-state index is 0.00889. The number of nitrogens with one attached hydrogen (secondary N) is 1. The Labute approximate surface area is 167 Å². The maximum absolute atomic E-state index is 12.3. The van der Waals surface area contributed by atoms with Crippen molar-refractivity contribution in [2.45, 2.75) is 64.8 Å². The van der Waals surface area contributed by atoms with Gasteiger partial charge in [-0.05, 0) is 33.1 Å². The fourth-order valence-electron chi connectivity index (χ4n) is 3.58. The van der Waals surface area contributed by atoms with Crippen molar-refractivity contribution >= 4 is 11.9 Å². The van der Waals surface area contributed by atoms with Crippen molar-refractivity contribution in [1.82, 2.24) is 25.3 Å². The summed E-state index contributed by atoms with van der Waals surface area (Å²) in [5.74, 6) is 0.801. The van der Waals surface area contributed by atoms with Crippen molar-refractivity contribution in [1.29, 1.82) is 0 Å². The first kappa shape index (κ1) is 20.2. The van der Waals surface area contributed by atoms with Crippen molar-refractivity contribution < 1.29 is 4.79 Å². The molecule has 3 rings (SSSR count). The van der Waals surface area contributed by atoms with Gasteiger partial charge in [-0.2, -0.15) is 0 Å². The summed E-state index contributed by atoms with van der Waals surface area (Å²) in [5, 5.41) is 3.04. The molecule has 0 aromatic carbocycles. The monoisotopic (exact) mass is 382 g/mol. The SMILES string of the molecule is Cc1nc(N2CCCCCCC2)ncc1[C@@H](C)NC(=O)CCc1cnccn1. The third-order valence-corrected chi connectivity index (χ3v) is 5.21. The second-order valence-corrected chi connectivity index (χ2v) is 7.45. The minimum atomic E-state index is -0.129. The van der Waals surface area contributed by atoms with Gasteiger partial charge in [0.25, 0.3) is 0 Å². The van der Waals surface area contributed by atoms with Crippen LogP contribution in [0.5, 0.6) is 0 Å². The van der Waals surface area contributed by atoms with E-state index in [-0.39, 0.29) is 11.9 Å². The third kappa shape index (κ3) is 5.71. The van der Waals surface area contributed by atoms with Gasteiger partial charge in [0.05, 0.1) is 11.7 Å². The number of nitrogens with zero attached hydrogens (tertiary/aromatic N) is 5. The molecule has 3 heterocycles. The van der Waals surface area contributed by atoms with Crippen molar-refractivity contribution in [3.05, 3.63) is 41.7 Å². The Morgan fingerprint density at radius 1 is 1.11 bits per heavy atom. The zero-order valence-electron chi connectivity index (χ0n) is 16.9. The Kier molecular flexibility index (Phi) is 7.28. The van der Waals surface area contributed by atoms with E-state index in [1.54, 1.807) is 18.6 Å². The van der Waals surface area contributed by atoms with Gasteiger partial charge in [0.1, 0.15) is 0 Å². The molecule has 2 aromatic heterocycles. The lowest BCUT2D eigenvalue weighted by atomic mass is 10.1. The Hall–Kier alpha value is -2.57. The molecule has 1 fully saturated rings. The van der Waals surface area contributed by atoms with Gasteiger partial charge in [0.15, 0.2) is 0 Å². The molecule has 1 aliphatic heterocycles. The van der Waals surface area contributed by atoms with Crippen LogP contribution in [-0.2, 0) is 11.2 Å². The lowest BCUT2D eigenvalue weighted by Gasteiger charge is -2.25. The molecule has 0 aliphatic carbocycles. The smallest absolute Gasteiger partial charge is 0.225 e. The highest BCUT2D eigenvalue weighted by molar-refractivity contribution is 5.76. The van der Waals surface area contributed by atoms with E-state index in [9.17, 15) is 4.79 Å². The molecule has 28 heavy (non-hydrogen) atoms. The predicted octanol–water partition coefficient (Wildman–Crippen LogP) is 3.16. The molecule has 1 N–H and O–H groups in total. The molecule has 0 unspecified atom stereocenters. The van der Waals surface area contributed by atoms with Gasteiger partial charge in [-0.3, -0.25) is 14.8 Å². The fourth-order valence-corrected chi connectivity index (χ4v) is 3.58. The first-order valence-corrected chi connectivity index (χ1v) is 10.3.